The van der Waals surface area contributed by atoms with Gasteiger partial charge in [0.05, 0.1) is 6.33 Å². The second-order valence-corrected chi connectivity index (χ2v) is 4.76. The smallest absolute Gasteiger partial charge is 0.224 e. The maximum Gasteiger partial charge on any atom is 0.224 e. The molecule has 3 N–H and O–H groups in total. The van der Waals surface area contributed by atoms with Crippen LogP contribution in [0.5, 0.6) is 0 Å². The molecule has 1 amide bonds. The van der Waals surface area contributed by atoms with Gasteiger partial charge in [0.1, 0.15) is 0 Å². The van der Waals surface area contributed by atoms with Gasteiger partial charge in [-0.25, -0.2) is 4.98 Å². The summed E-state index contributed by atoms with van der Waals surface area (Å²) in [6.07, 6.45) is 5.45. The molecule has 0 spiro atoms. The van der Waals surface area contributed by atoms with Gasteiger partial charge in [0.25, 0.3) is 0 Å². The molecule has 3 atom stereocenters. The molecule has 19 heavy (non-hydrogen) atoms. The molecule has 0 fully saturated rings. The molecule has 7 heteroatoms. The number of halogens is 2. The summed E-state index contributed by atoms with van der Waals surface area (Å²) in [4.78, 5) is 15.7. The minimum absolute atomic E-state index is 0. The zero-order chi connectivity index (χ0) is 12.8. The lowest BCUT2D eigenvalue weighted by Gasteiger charge is -2.18. The molecule has 0 saturated heterocycles. The Bertz CT molecular complexity index is 344. The van der Waals surface area contributed by atoms with Crippen molar-refractivity contribution in [1.82, 2.24) is 14.9 Å². The lowest BCUT2D eigenvalue weighted by molar-refractivity contribution is -0.125. The first-order valence-electron chi connectivity index (χ1n) is 5.99. The van der Waals surface area contributed by atoms with Gasteiger partial charge in [-0.15, -0.1) is 24.8 Å². The molecule has 5 nitrogen and oxygen atoms in total. The third-order valence-corrected chi connectivity index (χ3v) is 2.91. The molecule has 0 bridgehead atoms. The zero-order valence-corrected chi connectivity index (χ0v) is 13.2. The van der Waals surface area contributed by atoms with Gasteiger partial charge in [0, 0.05) is 37.4 Å². The Balaban J connectivity index is 0. The average molecular weight is 311 g/mol. The van der Waals surface area contributed by atoms with Crippen molar-refractivity contribution >= 4 is 30.7 Å². The summed E-state index contributed by atoms with van der Waals surface area (Å²) in [7, 11) is 0. The number of nitrogens with zero attached hydrogens (tertiary/aromatic N) is 2. The van der Waals surface area contributed by atoms with Crippen molar-refractivity contribution in [2.75, 3.05) is 6.54 Å². The molecule has 0 aliphatic rings. The summed E-state index contributed by atoms with van der Waals surface area (Å²) in [6.45, 7) is 7.30. The van der Waals surface area contributed by atoms with E-state index in [9.17, 15) is 4.79 Å². The fourth-order valence-corrected chi connectivity index (χ4v) is 1.49. The van der Waals surface area contributed by atoms with Gasteiger partial charge in [-0.2, -0.15) is 0 Å². The van der Waals surface area contributed by atoms with Crippen LogP contribution in [0.15, 0.2) is 18.7 Å². The van der Waals surface area contributed by atoms with Crippen LogP contribution in [0.25, 0.3) is 0 Å². The molecular weight excluding hydrogens is 287 g/mol. The Morgan fingerprint density at radius 1 is 1.37 bits per heavy atom. The van der Waals surface area contributed by atoms with Crippen LogP contribution in [0.2, 0.25) is 0 Å². The number of hydrogen-bond acceptors (Lipinski definition) is 3. The van der Waals surface area contributed by atoms with Crippen molar-refractivity contribution in [2.45, 2.75) is 33.4 Å². The Morgan fingerprint density at radius 3 is 2.47 bits per heavy atom. The standard InChI is InChI=1S/C12H22N4O.2ClH/c1-9(7-16-5-4-14-8-16)6-15-12(17)10(2)11(3)13;;/h4-5,8-11H,6-7,13H2,1-3H3,(H,15,17);2*1H. The minimum atomic E-state index is -0.143. The maximum atomic E-state index is 11.7. The third kappa shape index (κ3) is 7.40. The first-order chi connectivity index (χ1) is 8.00. The van der Waals surface area contributed by atoms with E-state index < -0.39 is 0 Å². The van der Waals surface area contributed by atoms with Crippen LogP contribution in [0.1, 0.15) is 20.8 Å². The quantitative estimate of drug-likeness (QED) is 0.835. The van der Waals surface area contributed by atoms with Gasteiger partial charge in [0.15, 0.2) is 0 Å². The van der Waals surface area contributed by atoms with Crippen LogP contribution in [0.4, 0.5) is 0 Å². The van der Waals surface area contributed by atoms with Crippen molar-refractivity contribution in [3.05, 3.63) is 18.7 Å². The van der Waals surface area contributed by atoms with E-state index in [0.29, 0.717) is 12.5 Å². The predicted molar refractivity (Wildman–Crippen MR) is 81.7 cm³/mol. The molecule has 0 saturated carbocycles. The Hall–Kier alpha value is -0.780. The zero-order valence-electron chi connectivity index (χ0n) is 11.6. The highest BCUT2D eigenvalue weighted by molar-refractivity contribution is 5.85. The Labute approximate surface area is 127 Å². The van der Waals surface area contributed by atoms with E-state index >= 15 is 0 Å². The summed E-state index contributed by atoms with van der Waals surface area (Å²) in [5, 5.41) is 2.92. The van der Waals surface area contributed by atoms with Crippen LogP contribution in [-0.2, 0) is 11.3 Å². The van der Waals surface area contributed by atoms with E-state index in [4.69, 9.17) is 5.73 Å². The number of hydrogen-bond donors (Lipinski definition) is 2. The maximum absolute atomic E-state index is 11.7. The molecule has 1 aromatic rings. The summed E-state index contributed by atoms with van der Waals surface area (Å²) < 4.78 is 2.01. The average Bonchev–Trinajstić information content (AvgIpc) is 2.77. The number of imidazole rings is 1. The van der Waals surface area contributed by atoms with E-state index in [2.05, 4.69) is 17.2 Å². The third-order valence-electron chi connectivity index (χ3n) is 2.91. The molecule has 0 aliphatic heterocycles. The largest absolute Gasteiger partial charge is 0.355 e. The minimum Gasteiger partial charge on any atom is -0.355 e. The van der Waals surface area contributed by atoms with Gasteiger partial charge in [0.2, 0.25) is 5.91 Å². The van der Waals surface area contributed by atoms with Gasteiger partial charge in [-0.1, -0.05) is 13.8 Å². The highest BCUT2D eigenvalue weighted by Crippen LogP contribution is 2.02. The lowest BCUT2D eigenvalue weighted by Crippen LogP contribution is -2.40. The second kappa shape index (κ2) is 10.1. The van der Waals surface area contributed by atoms with Crippen molar-refractivity contribution in [2.24, 2.45) is 17.6 Å². The number of aromatic nitrogens is 2. The molecule has 112 valence electrons. The van der Waals surface area contributed by atoms with Gasteiger partial charge >= 0.3 is 0 Å². The van der Waals surface area contributed by atoms with E-state index in [1.165, 1.54) is 0 Å². The topological polar surface area (TPSA) is 72.9 Å². The monoisotopic (exact) mass is 310 g/mol. The van der Waals surface area contributed by atoms with Gasteiger partial charge in [-0.3, -0.25) is 4.79 Å². The van der Waals surface area contributed by atoms with Crippen LogP contribution >= 0.6 is 24.8 Å². The molecule has 1 aromatic heterocycles. The Kier molecular flexibility index (Phi) is 10.9. The van der Waals surface area contributed by atoms with E-state index in [-0.39, 0.29) is 42.7 Å². The molecule has 1 heterocycles. The molecular formula is C12H24Cl2N4O. The molecule has 3 unspecified atom stereocenters. The number of nitrogens with two attached hydrogens (primary N) is 1. The van der Waals surface area contributed by atoms with Crippen molar-refractivity contribution < 1.29 is 4.79 Å². The number of rotatable bonds is 6. The van der Waals surface area contributed by atoms with Crippen LogP contribution in [-0.4, -0.2) is 28.0 Å². The number of nitrogens with one attached hydrogen (secondary N) is 1. The van der Waals surface area contributed by atoms with Crippen molar-refractivity contribution in [1.29, 1.82) is 0 Å². The molecule has 0 radical (unpaired) electrons. The molecule has 1 rings (SSSR count). The summed E-state index contributed by atoms with van der Waals surface area (Å²) in [5.74, 6) is 0.251. The highest BCUT2D eigenvalue weighted by atomic mass is 35.5. The highest BCUT2D eigenvalue weighted by Gasteiger charge is 2.17. The number of carbonyl (C=O) groups is 1. The second-order valence-electron chi connectivity index (χ2n) is 4.76. The van der Waals surface area contributed by atoms with Crippen LogP contribution in [0, 0.1) is 11.8 Å². The van der Waals surface area contributed by atoms with E-state index in [0.717, 1.165) is 6.54 Å². The SMILES string of the molecule is CC(CNC(=O)C(C)C(C)N)Cn1ccnc1.Cl.Cl. The number of carbonyl (C=O) groups excluding carboxylic acids is 1. The summed E-state index contributed by atoms with van der Waals surface area (Å²) in [6, 6.07) is -0.112. The van der Waals surface area contributed by atoms with Crippen molar-refractivity contribution in [3.63, 3.8) is 0 Å². The van der Waals surface area contributed by atoms with E-state index in [1.807, 2.05) is 24.6 Å². The van der Waals surface area contributed by atoms with Gasteiger partial charge < -0.3 is 15.6 Å². The normalized spacial score (nSPS) is 14.5. The van der Waals surface area contributed by atoms with Crippen molar-refractivity contribution in [3.8, 4) is 0 Å². The van der Waals surface area contributed by atoms with E-state index in [1.54, 1.807) is 12.5 Å². The number of amides is 1. The summed E-state index contributed by atoms with van der Waals surface area (Å²) in [5.41, 5.74) is 5.68. The first kappa shape index (κ1) is 20.5. The fourth-order valence-electron chi connectivity index (χ4n) is 1.49. The summed E-state index contributed by atoms with van der Waals surface area (Å²) >= 11 is 0. The molecule has 0 aromatic carbocycles. The lowest BCUT2D eigenvalue weighted by atomic mass is 10.0. The molecule has 0 aliphatic carbocycles. The van der Waals surface area contributed by atoms with Crippen LogP contribution in [0.3, 0.4) is 0 Å². The Morgan fingerprint density at radius 2 is 2.00 bits per heavy atom. The first-order valence-corrected chi connectivity index (χ1v) is 5.99. The van der Waals surface area contributed by atoms with Gasteiger partial charge in [-0.05, 0) is 12.8 Å². The fraction of sp³-hybridized carbons (Fsp3) is 0.667. The predicted octanol–water partition coefficient (Wildman–Crippen LogP) is 1.46. The van der Waals surface area contributed by atoms with Crippen LogP contribution < -0.4 is 11.1 Å².